The third kappa shape index (κ3) is 4.46. The minimum absolute atomic E-state index is 0.181. The first-order valence-corrected chi connectivity index (χ1v) is 12.6. The molecule has 2 aromatic carbocycles. The van der Waals surface area contributed by atoms with Gasteiger partial charge in [0.2, 0.25) is 0 Å². The Morgan fingerprint density at radius 1 is 0.774 bits per heavy atom. The van der Waals surface area contributed by atoms with Crippen molar-refractivity contribution in [1.82, 2.24) is 0 Å². The second-order valence-electron chi connectivity index (χ2n) is 9.13. The van der Waals surface area contributed by atoms with E-state index in [4.69, 9.17) is 13.9 Å². The Kier molecular flexibility index (Phi) is 7.02. The molecule has 166 valence electrons. The number of ether oxygens (including phenoxy) is 2. The number of hydrogen-bond acceptors (Lipinski definition) is 5. The van der Waals surface area contributed by atoms with Crippen molar-refractivity contribution in [2.45, 2.75) is 44.8 Å². The molecule has 5 nitrogen and oxygen atoms in total. The maximum absolute atomic E-state index is 12.4. The van der Waals surface area contributed by atoms with Crippen LogP contribution >= 0.6 is 0 Å². The summed E-state index contributed by atoms with van der Waals surface area (Å²) in [5, 5.41) is 2.16. The summed E-state index contributed by atoms with van der Waals surface area (Å²) in [7, 11) is -0.0594. The number of rotatable bonds is 6. The summed E-state index contributed by atoms with van der Waals surface area (Å²) in [4.78, 5) is 24.8. The highest BCUT2D eigenvalue weighted by Crippen LogP contribution is 2.42. The summed E-state index contributed by atoms with van der Waals surface area (Å²) in [5.41, 5.74) is 0. The van der Waals surface area contributed by atoms with Crippen molar-refractivity contribution in [2.24, 2.45) is 11.8 Å². The van der Waals surface area contributed by atoms with Gasteiger partial charge in [0.05, 0.1) is 26.1 Å². The fourth-order valence-corrected chi connectivity index (χ4v) is 9.56. The summed E-state index contributed by atoms with van der Waals surface area (Å²) < 4.78 is 17.1. The molecule has 3 atom stereocenters. The lowest BCUT2D eigenvalue weighted by Gasteiger charge is -2.44. The fraction of sp³-hybridized carbons (Fsp3) is 0.440. The topological polar surface area (TPSA) is 61.8 Å². The molecule has 0 heterocycles. The lowest BCUT2D eigenvalue weighted by Crippen LogP contribution is -2.67. The summed E-state index contributed by atoms with van der Waals surface area (Å²) >= 11 is 0. The van der Waals surface area contributed by atoms with Crippen LogP contribution in [0.4, 0.5) is 0 Å². The monoisotopic (exact) mass is 440 g/mol. The zero-order valence-corrected chi connectivity index (χ0v) is 20.0. The molecule has 1 aliphatic carbocycles. The average Bonchev–Trinajstić information content (AvgIpc) is 3.20. The van der Waals surface area contributed by atoms with Crippen molar-refractivity contribution < 1.29 is 23.5 Å². The number of esters is 2. The maximum Gasteiger partial charge on any atom is 0.309 e. The quantitative estimate of drug-likeness (QED) is 0.509. The molecular weight excluding hydrogens is 408 g/mol. The number of hydrogen-bond donors (Lipinski definition) is 0. The summed E-state index contributed by atoms with van der Waals surface area (Å²) in [6.45, 7) is 6.64. The highest BCUT2D eigenvalue weighted by atomic mass is 28.4. The normalized spacial score (nSPS) is 21.5. The van der Waals surface area contributed by atoms with Gasteiger partial charge >= 0.3 is 11.9 Å². The predicted octanol–water partition coefficient (Wildman–Crippen LogP) is 3.30. The van der Waals surface area contributed by atoms with Gasteiger partial charge in [-0.15, -0.1) is 0 Å². The van der Waals surface area contributed by atoms with Crippen LogP contribution in [0.15, 0.2) is 60.7 Å². The molecule has 3 rings (SSSR count). The van der Waals surface area contributed by atoms with Crippen LogP contribution in [0.3, 0.4) is 0 Å². The smallest absolute Gasteiger partial charge is 0.309 e. The average molecular weight is 441 g/mol. The molecule has 1 aliphatic rings. The lowest BCUT2D eigenvalue weighted by molar-refractivity contribution is -0.156. The molecule has 0 spiro atoms. The lowest BCUT2D eigenvalue weighted by atomic mass is 9.96. The second-order valence-corrected chi connectivity index (χ2v) is 13.4. The molecule has 0 aliphatic heterocycles. The van der Waals surface area contributed by atoms with Crippen molar-refractivity contribution in [3.63, 3.8) is 0 Å². The largest absolute Gasteiger partial charge is 0.469 e. The highest BCUT2D eigenvalue weighted by molar-refractivity contribution is 6.99. The van der Waals surface area contributed by atoms with E-state index in [9.17, 15) is 9.59 Å². The Labute approximate surface area is 185 Å². The Bertz CT molecular complexity index is 828. The van der Waals surface area contributed by atoms with Crippen LogP contribution in [0.2, 0.25) is 5.04 Å². The molecule has 0 aromatic heterocycles. The molecular formula is C25H32O5Si. The third-order valence-corrected chi connectivity index (χ3v) is 11.4. The van der Waals surface area contributed by atoms with Gasteiger partial charge in [-0.1, -0.05) is 81.4 Å². The van der Waals surface area contributed by atoms with E-state index in [-0.39, 0.29) is 23.1 Å². The first-order chi connectivity index (χ1) is 14.7. The first-order valence-electron chi connectivity index (χ1n) is 10.7. The van der Waals surface area contributed by atoms with Crippen LogP contribution in [0.1, 0.15) is 33.6 Å². The van der Waals surface area contributed by atoms with Crippen molar-refractivity contribution >= 4 is 30.6 Å². The van der Waals surface area contributed by atoms with Crippen LogP contribution in [-0.2, 0) is 23.5 Å². The molecule has 1 fully saturated rings. The molecule has 1 unspecified atom stereocenters. The zero-order valence-electron chi connectivity index (χ0n) is 19.0. The van der Waals surface area contributed by atoms with E-state index in [0.29, 0.717) is 12.8 Å². The number of carbonyl (C=O) groups excluding carboxylic acids is 2. The van der Waals surface area contributed by atoms with Gasteiger partial charge in [-0.3, -0.25) is 9.59 Å². The molecule has 0 amide bonds. The van der Waals surface area contributed by atoms with Crippen molar-refractivity contribution in [2.75, 3.05) is 14.2 Å². The van der Waals surface area contributed by atoms with E-state index in [0.717, 1.165) is 0 Å². The van der Waals surface area contributed by atoms with Gasteiger partial charge in [-0.25, -0.2) is 0 Å². The van der Waals surface area contributed by atoms with Crippen molar-refractivity contribution in [3.8, 4) is 0 Å². The van der Waals surface area contributed by atoms with E-state index in [1.165, 1.54) is 24.6 Å². The van der Waals surface area contributed by atoms with Gasteiger partial charge in [0, 0.05) is 6.10 Å². The van der Waals surface area contributed by atoms with E-state index >= 15 is 0 Å². The van der Waals surface area contributed by atoms with Gasteiger partial charge in [-0.05, 0) is 28.3 Å². The van der Waals surface area contributed by atoms with Crippen molar-refractivity contribution in [1.29, 1.82) is 0 Å². The standard InChI is InChI=1S/C25H32O5Si/c1-25(2,3)31(19-12-8-6-9-13-19,20-14-10-7-11-15-20)30-18-16-21(23(26)28-4)22(17-18)24(27)29-5/h6-15,18,21-22H,16-17H2,1-5H3/t18?,21-,22+. The summed E-state index contributed by atoms with van der Waals surface area (Å²) in [6, 6.07) is 20.7. The van der Waals surface area contributed by atoms with E-state index in [1.54, 1.807) is 0 Å². The molecule has 1 saturated carbocycles. The highest BCUT2D eigenvalue weighted by Gasteiger charge is 2.54. The fourth-order valence-electron chi connectivity index (χ4n) is 4.85. The van der Waals surface area contributed by atoms with Crippen molar-refractivity contribution in [3.05, 3.63) is 60.7 Å². The molecule has 0 bridgehead atoms. The van der Waals surface area contributed by atoms with Crippen LogP contribution < -0.4 is 10.4 Å². The Balaban J connectivity index is 2.08. The van der Waals surface area contributed by atoms with Crippen LogP contribution in [-0.4, -0.2) is 40.6 Å². The summed E-state index contributed by atoms with van der Waals surface area (Å²) in [6.07, 6.45) is 0.632. The van der Waals surface area contributed by atoms with Gasteiger partial charge in [0.25, 0.3) is 8.32 Å². The molecule has 31 heavy (non-hydrogen) atoms. The predicted molar refractivity (Wildman–Crippen MR) is 123 cm³/mol. The summed E-state index contributed by atoms with van der Waals surface area (Å²) in [5.74, 6) is -1.88. The Hall–Kier alpha value is -2.44. The molecule has 6 heteroatoms. The number of methoxy groups -OCH3 is 2. The van der Waals surface area contributed by atoms with Gasteiger partial charge in [0.15, 0.2) is 0 Å². The van der Waals surface area contributed by atoms with Crippen LogP contribution in [0.5, 0.6) is 0 Å². The van der Waals surface area contributed by atoms with E-state index in [2.05, 4.69) is 45.0 Å². The minimum Gasteiger partial charge on any atom is -0.469 e. The van der Waals surface area contributed by atoms with Gasteiger partial charge < -0.3 is 13.9 Å². The van der Waals surface area contributed by atoms with Crippen LogP contribution in [0.25, 0.3) is 0 Å². The molecule has 2 aromatic rings. The van der Waals surface area contributed by atoms with E-state index < -0.39 is 20.2 Å². The van der Waals surface area contributed by atoms with E-state index in [1.807, 2.05) is 36.4 Å². The number of benzene rings is 2. The number of carbonyl (C=O) groups is 2. The van der Waals surface area contributed by atoms with Crippen LogP contribution in [0, 0.1) is 11.8 Å². The molecule has 0 saturated heterocycles. The second kappa shape index (κ2) is 9.36. The SMILES string of the molecule is COC(=O)[C@H]1CC(O[Si](c2ccccc2)(c2ccccc2)C(C)(C)C)C[C@H]1C(=O)OC. The zero-order chi connectivity index (χ0) is 22.6. The molecule has 0 N–H and O–H groups in total. The first kappa shape index (κ1) is 23.2. The van der Waals surface area contributed by atoms with Gasteiger partial charge in [0.1, 0.15) is 0 Å². The molecule has 0 radical (unpaired) electrons. The minimum atomic E-state index is -2.77. The third-order valence-electron chi connectivity index (χ3n) is 6.29. The Morgan fingerprint density at radius 3 is 1.48 bits per heavy atom. The maximum atomic E-state index is 12.4. The van der Waals surface area contributed by atoms with Gasteiger partial charge in [-0.2, -0.15) is 0 Å². The Morgan fingerprint density at radius 2 is 1.16 bits per heavy atom.